The Bertz CT molecular complexity index is 1050. The molecule has 2 heterocycles. The third-order valence-electron chi connectivity index (χ3n) is 7.23. The van der Waals surface area contributed by atoms with Gasteiger partial charge in [0.15, 0.2) is 18.7 Å². The summed E-state index contributed by atoms with van der Waals surface area (Å²) in [7, 11) is 1.42. The molecule has 41 heavy (non-hydrogen) atoms. The summed E-state index contributed by atoms with van der Waals surface area (Å²) in [4.78, 5) is 23.5. The minimum absolute atomic E-state index is 0.159. The van der Waals surface area contributed by atoms with Gasteiger partial charge < -0.3 is 33.2 Å². The predicted molar refractivity (Wildman–Crippen MR) is 150 cm³/mol. The zero-order chi connectivity index (χ0) is 28.9. The van der Waals surface area contributed by atoms with Crippen LogP contribution < -0.4 is 0 Å². The van der Waals surface area contributed by atoms with E-state index in [9.17, 15) is 9.59 Å². The topological polar surface area (TPSA) is 98.8 Å². The van der Waals surface area contributed by atoms with Crippen LogP contribution in [0.3, 0.4) is 0 Å². The van der Waals surface area contributed by atoms with E-state index < -0.39 is 43.0 Å². The molecule has 0 N–H and O–H groups in total. The molecule has 0 spiro atoms. The van der Waals surface area contributed by atoms with Crippen molar-refractivity contribution in [2.45, 2.75) is 95.5 Å². The molecule has 4 rings (SSSR count). The van der Waals surface area contributed by atoms with Gasteiger partial charge in [-0.1, -0.05) is 86.3 Å². The van der Waals surface area contributed by atoms with E-state index in [0.717, 1.165) is 49.7 Å². The van der Waals surface area contributed by atoms with Gasteiger partial charge in [-0.2, -0.15) is 0 Å². The van der Waals surface area contributed by atoms with Crippen molar-refractivity contribution in [3.63, 3.8) is 0 Å². The van der Waals surface area contributed by atoms with Crippen LogP contribution in [-0.4, -0.2) is 63.0 Å². The van der Waals surface area contributed by atoms with E-state index in [1.807, 2.05) is 60.7 Å². The summed E-state index contributed by atoms with van der Waals surface area (Å²) in [6.45, 7) is 2.41. The molecule has 2 aromatic carbocycles. The van der Waals surface area contributed by atoms with Crippen LogP contribution in [0.25, 0.3) is 0 Å². The van der Waals surface area contributed by atoms with Gasteiger partial charge in [-0.3, -0.25) is 9.59 Å². The second-order valence-corrected chi connectivity index (χ2v) is 10.4. The van der Waals surface area contributed by atoms with Crippen molar-refractivity contribution >= 4 is 11.9 Å². The molecule has 2 saturated heterocycles. The van der Waals surface area contributed by atoms with Crippen molar-refractivity contribution in [2.75, 3.05) is 20.3 Å². The molecule has 9 nitrogen and oxygen atoms in total. The molecular formula is C32H42O9. The molecule has 2 aliphatic rings. The number of methoxy groups -OCH3 is 1. The lowest BCUT2D eigenvalue weighted by atomic mass is 9.97. The Kier molecular flexibility index (Phi) is 12.6. The fourth-order valence-corrected chi connectivity index (χ4v) is 5.11. The van der Waals surface area contributed by atoms with Crippen LogP contribution in [0.5, 0.6) is 0 Å². The van der Waals surface area contributed by atoms with E-state index in [0.29, 0.717) is 19.6 Å². The lowest BCUT2D eigenvalue weighted by Gasteiger charge is -2.48. The third-order valence-corrected chi connectivity index (χ3v) is 7.23. The Hall–Kier alpha value is -2.82. The molecule has 0 radical (unpaired) electrons. The number of ether oxygens (including phenoxy) is 7. The highest BCUT2D eigenvalue weighted by Gasteiger charge is 2.52. The second kappa shape index (κ2) is 16.6. The lowest BCUT2D eigenvalue weighted by Crippen LogP contribution is -2.64. The SMILES string of the molecule is COC(=O)CCCCCCCCO[C@H]1O[C@@H]2COC(c3ccccc3)O[C@H]2[C@H](OC(C)=O)[C@H]1OCc1ccccc1. The first kappa shape index (κ1) is 31.1. The fourth-order valence-electron chi connectivity index (χ4n) is 5.11. The number of unbranched alkanes of at least 4 members (excludes halogenated alkanes) is 5. The maximum Gasteiger partial charge on any atom is 0.305 e. The van der Waals surface area contributed by atoms with Crippen LogP contribution in [0, 0.1) is 0 Å². The fraction of sp³-hybridized carbons (Fsp3) is 0.562. The summed E-state index contributed by atoms with van der Waals surface area (Å²) in [5.41, 5.74) is 1.86. The predicted octanol–water partition coefficient (Wildman–Crippen LogP) is 5.26. The van der Waals surface area contributed by atoms with Crippen molar-refractivity contribution in [1.82, 2.24) is 0 Å². The highest BCUT2D eigenvalue weighted by molar-refractivity contribution is 5.69. The Morgan fingerprint density at radius 2 is 1.51 bits per heavy atom. The van der Waals surface area contributed by atoms with Crippen LogP contribution in [0.1, 0.15) is 69.3 Å². The maximum absolute atomic E-state index is 12.3. The van der Waals surface area contributed by atoms with Crippen molar-refractivity contribution in [3.8, 4) is 0 Å². The summed E-state index contributed by atoms with van der Waals surface area (Å²) >= 11 is 0. The van der Waals surface area contributed by atoms with Gasteiger partial charge in [-0.05, 0) is 18.4 Å². The number of carbonyl (C=O) groups is 2. The zero-order valence-corrected chi connectivity index (χ0v) is 24.0. The van der Waals surface area contributed by atoms with Gasteiger partial charge in [-0.25, -0.2) is 0 Å². The molecule has 2 aromatic rings. The Morgan fingerprint density at radius 1 is 0.829 bits per heavy atom. The van der Waals surface area contributed by atoms with Gasteiger partial charge >= 0.3 is 11.9 Å². The van der Waals surface area contributed by atoms with E-state index in [2.05, 4.69) is 4.74 Å². The Morgan fingerprint density at radius 3 is 2.22 bits per heavy atom. The number of fused-ring (bicyclic) bond motifs is 1. The van der Waals surface area contributed by atoms with Gasteiger partial charge in [-0.15, -0.1) is 0 Å². The molecule has 0 amide bonds. The van der Waals surface area contributed by atoms with Crippen molar-refractivity contribution in [2.24, 2.45) is 0 Å². The molecule has 1 unspecified atom stereocenters. The highest BCUT2D eigenvalue weighted by Crippen LogP contribution is 2.37. The van der Waals surface area contributed by atoms with Gasteiger partial charge in [0.1, 0.15) is 18.3 Å². The number of hydrogen-bond donors (Lipinski definition) is 0. The number of carbonyl (C=O) groups excluding carboxylic acids is 2. The number of rotatable bonds is 15. The normalized spacial score (nSPS) is 25.7. The lowest BCUT2D eigenvalue weighted by molar-refractivity contribution is -0.367. The molecule has 224 valence electrons. The second-order valence-electron chi connectivity index (χ2n) is 10.4. The quantitative estimate of drug-likeness (QED) is 0.210. The zero-order valence-electron chi connectivity index (χ0n) is 24.0. The molecule has 0 aromatic heterocycles. The smallest absolute Gasteiger partial charge is 0.305 e. The molecule has 0 aliphatic carbocycles. The Labute approximate surface area is 242 Å². The van der Waals surface area contributed by atoms with E-state index in [1.54, 1.807) is 0 Å². The average Bonchev–Trinajstić information content (AvgIpc) is 3.00. The molecule has 9 heteroatoms. The molecule has 2 fully saturated rings. The summed E-state index contributed by atoms with van der Waals surface area (Å²) in [6, 6.07) is 19.4. The number of hydrogen-bond acceptors (Lipinski definition) is 9. The molecule has 0 saturated carbocycles. The van der Waals surface area contributed by atoms with E-state index >= 15 is 0 Å². The first-order valence-corrected chi connectivity index (χ1v) is 14.5. The number of benzene rings is 2. The molecular weight excluding hydrogens is 528 g/mol. The van der Waals surface area contributed by atoms with Crippen molar-refractivity contribution in [1.29, 1.82) is 0 Å². The molecule has 2 aliphatic heterocycles. The largest absolute Gasteiger partial charge is 0.469 e. The summed E-state index contributed by atoms with van der Waals surface area (Å²) in [5, 5.41) is 0. The van der Waals surface area contributed by atoms with Gasteiger partial charge in [0.25, 0.3) is 0 Å². The summed E-state index contributed by atoms with van der Waals surface area (Å²) < 4.78 is 41.8. The van der Waals surface area contributed by atoms with Crippen molar-refractivity contribution < 1.29 is 42.7 Å². The van der Waals surface area contributed by atoms with E-state index in [1.165, 1.54) is 14.0 Å². The van der Waals surface area contributed by atoms with Gasteiger partial charge in [0, 0.05) is 25.5 Å². The van der Waals surface area contributed by atoms with Crippen LogP contribution in [0.2, 0.25) is 0 Å². The van der Waals surface area contributed by atoms with Crippen LogP contribution >= 0.6 is 0 Å². The Balaban J connectivity index is 1.37. The standard InChI is InChI=1S/C32H42O9/c1-23(33)39-29-28-26(22-38-31(41-28)25-17-11-8-12-18-25)40-32(30(29)37-21-24-15-9-7-10-16-24)36-20-14-6-4-3-5-13-19-27(34)35-2/h7-12,15-18,26,28-32H,3-6,13-14,19-22H2,1-2H3/t26-,28-,29+,30-,31?,32+/m1/s1. The average molecular weight is 571 g/mol. The minimum atomic E-state index is -0.759. The maximum atomic E-state index is 12.3. The number of esters is 2. The summed E-state index contributed by atoms with van der Waals surface area (Å²) in [6.07, 6.45) is 2.34. The highest BCUT2D eigenvalue weighted by atomic mass is 16.8. The van der Waals surface area contributed by atoms with E-state index in [-0.39, 0.29) is 12.6 Å². The third kappa shape index (κ3) is 9.61. The van der Waals surface area contributed by atoms with Gasteiger partial charge in [0.2, 0.25) is 0 Å². The monoisotopic (exact) mass is 570 g/mol. The van der Waals surface area contributed by atoms with Gasteiger partial charge in [0.05, 0.1) is 20.3 Å². The molecule has 0 bridgehead atoms. The van der Waals surface area contributed by atoms with Crippen molar-refractivity contribution in [3.05, 3.63) is 71.8 Å². The van der Waals surface area contributed by atoms with E-state index in [4.69, 9.17) is 28.4 Å². The van der Waals surface area contributed by atoms with Crippen LogP contribution in [0.15, 0.2) is 60.7 Å². The molecule has 6 atom stereocenters. The summed E-state index contributed by atoms with van der Waals surface area (Å²) in [5.74, 6) is -0.588. The van der Waals surface area contributed by atoms with Crippen LogP contribution in [0.4, 0.5) is 0 Å². The first-order chi connectivity index (χ1) is 20.0. The minimum Gasteiger partial charge on any atom is -0.469 e. The first-order valence-electron chi connectivity index (χ1n) is 14.5. The van der Waals surface area contributed by atoms with Crippen LogP contribution in [-0.2, 0) is 49.4 Å².